The van der Waals surface area contributed by atoms with E-state index < -0.39 is 0 Å². The third kappa shape index (κ3) is 6.42. The van der Waals surface area contributed by atoms with Gasteiger partial charge in [0.15, 0.2) is 0 Å². The van der Waals surface area contributed by atoms with Crippen molar-refractivity contribution in [3.63, 3.8) is 0 Å². The molecule has 0 saturated heterocycles. The van der Waals surface area contributed by atoms with Crippen LogP contribution in [0.2, 0.25) is 0 Å². The Morgan fingerprint density at radius 2 is 0.639 bits per heavy atom. The van der Waals surface area contributed by atoms with E-state index in [9.17, 15) is 0 Å². The van der Waals surface area contributed by atoms with Crippen LogP contribution in [0, 0.1) is 0 Å². The van der Waals surface area contributed by atoms with Crippen molar-refractivity contribution in [3.8, 4) is 61.3 Å². The highest BCUT2D eigenvalue weighted by Crippen LogP contribution is 2.44. The molecule has 11 rings (SSSR count). The van der Waals surface area contributed by atoms with Crippen LogP contribution >= 0.6 is 0 Å². The second-order valence-corrected chi connectivity index (χ2v) is 17.3. The van der Waals surface area contributed by atoms with Gasteiger partial charge in [-0.1, -0.05) is 209 Å². The van der Waals surface area contributed by atoms with Gasteiger partial charge < -0.3 is 4.57 Å². The molecule has 0 bridgehead atoms. The average molecular weight is 780 g/mol. The highest BCUT2D eigenvalue weighted by atomic mass is 15.0. The minimum atomic E-state index is 0.114. The Morgan fingerprint density at radius 3 is 1.11 bits per heavy atom. The van der Waals surface area contributed by atoms with Crippen molar-refractivity contribution >= 4 is 43.4 Å². The molecule has 1 aromatic heterocycles. The number of hydrogen-bond acceptors (Lipinski definition) is 0. The molecule has 0 saturated carbocycles. The van der Waals surface area contributed by atoms with Gasteiger partial charge in [-0.2, -0.15) is 0 Å². The van der Waals surface area contributed by atoms with Gasteiger partial charge >= 0.3 is 0 Å². The number of para-hydroxylation sites is 1. The lowest BCUT2D eigenvalue weighted by atomic mass is 9.85. The fourth-order valence-electron chi connectivity index (χ4n) is 9.44. The number of benzene rings is 10. The molecule has 0 fully saturated rings. The number of fused-ring (bicyclic) bond motifs is 5. The highest BCUT2D eigenvalue weighted by Gasteiger charge is 2.18. The Morgan fingerprint density at radius 1 is 0.279 bits per heavy atom. The van der Waals surface area contributed by atoms with Crippen LogP contribution in [0.15, 0.2) is 218 Å². The van der Waals surface area contributed by atoms with Crippen LogP contribution in [-0.2, 0) is 5.41 Å². The van der Waals surface area contributed by atoms with Gasteiger partial charge in [0.1, 0.15) is 0 Å². The molecule has 10 aromatic carbocycles. The summed E-state index contributed by atoms with van der Waals surface area (Å²) in [6.45, 7) is 6.80. The summed E-state index contributed by atoms with van der Waals surface area (Å²) in [7, 11) is 0. The van der Waals surface area contributed by atoms with Gasteiger partial charge in [0, 0.05) is 16.5 Å². The zero-order valence-corrected chi connectivity index (χ0v) is 34.7. The topological polar surface area (TPSA) is 4.93 Å². The maximum Gasteiger partial charge on any atom is 0.0541 e. The van der Waals surface area contributed by atoms with Crippen LogP contribution in [0.5, 0.6) is 0 Å². The lowest BCUT2D eigenvalue weighted by Gasteiger charge is -2.19. The summed E-state index contributed by atoms with van der Waals surface area (Å²) in [4.78, 5) is 0. The summed E-state index contributed by atoms with van der Waals surface area (Å²) in [5, 5.41) is 7.59. The summed E-state index contributed by atoms with van der Waals surface area (Å²) < 4.78 is 2.40. The van der Waals surface area contributed by atoms with Gasteiger partial charge in [0.05, 0.1) is 11.0 Å². The van der Waals surface area contributed by atoms with Crippen LogP contribution in [0.1, 0.15) is 26.3 Å². The van der Waals surface area contributed by atoms with Gasteiger partial charge in [-0.3, -0.25) is 0 Å². The Hall–Kier alpha value is -7.48. The second-order valence-electron chi connectivity index (χ2n) is 17.3. The van der Waals surface area contributed by atoms with Gasteiger partial charge in [-0.25, -0.2) is 0 Å². The standard InChI is InChI=1S/C60H45N/c1-60(2,3)48-34-36-49(37-35-48)61-56-20-12-11-15-50(56)55-39-47(33-38-57(55)61)44-23-21-42(22-24-44)43-27-31-46(32-28-43)59-53-18-9-7-16-51(53)58(52-17-8-10-19-54(52)59)45-29-25-41(26-30-45)40-13-5-4-6-14-40/h4-39H,1-3H3. The van der Waals surface area contributed by atoms with E-state index in [1.165, 1.54) is 110 Å². The zero-order chi connectivity index (χ0) is 41.1. The fraction of sp³-hybridized carbons (Fsp3) is 0.0667. The first-order chi connectivity index (χ1) is 29.9. The van der Waals surface area contributed by atoms with Crippen molar-refractivity contribution in [2.45, 2.75) is 26.2 Å². The summed E-state index contributed by atoms with van der Waals surface area (Å²) in [5.41, 5.74) is 17.4. The number of rotatable bonds is 6. The summed E-state index contributed by atoms with van der Waals surface area (Å²) in [5.74, 6) is 0. The molecule has 0 aliphatic carbocycles. The van der Waals surface area contributed by atoms with Crippen LogP contribution in [0.25, 0.3) is 105 Å². The molecule has 0 N–H and O–H groups in total. The summed E-state index contributed by atoms with van der Waals surface area (Å²) in [6.07, 6.45) is 0. The molecule has 0 unspecified atom stereocenters. The van der Waals surface area contributed by atoms with Crippen LogP contribution in [-0.4, -0.2) is 4.57 Å². The fourth-order valence-corrected chi connectivity index (χ4v) is 9.44. The Labute approximate surface area is 357 Å². The first-order valence-corrected chi connectivity index (χ1v) is 21.3. The first kappa shape index (κ1) is 36.6. The third-order valence-corrected chi connectivity index (χ3v) is 12.6. The molecule has 1 heterocycles. The molecule has 0 spiro atoms. The normalized spacial score (nSPS) is 11.9. The van der Waals surface area contributed by atoms with Crippen molar-refractivity contribution in [1.29, 1.82) is 0 Å². The molecule has 1 nitrogen and oxygen atoms in total. The molecule has 0 aliphatic heterocycles. The van der Waals surface area contributed by atoms with Crippen molar-refractivity contribution < 1.29 is 0 Å². The molecule has 1 heteroatoms. The van der Waals surface area contributed by atoms with E-state index >= 15 is 0 Å². The zero-order valence-electron chi connectivity index (χ0n) is 34.7. The average Bonchev–Trinajstić information content (AvgIpc) is 3.65. The second kappa shape index (κ2) is 14.7. The van der Waals surface area contributed by atoms with E-state index in [0.717, 1.165) is 0 Å². The molecular formula is C60H45N. The third-order valence-electron chi connectivity index (χ3n) is 12.6. The number of aromatic nitrogens is 1. The molecular weight excluding hydrogens is 735 g/mol. The molecule has 290 valence electrons. The van der Waals surface area contributed by atoms with Crippen molar-refractivity contribution in [2.75, 3.05) is 0 Å². The molecule has 0 aliphatic rings. The smallest absolute Gasteiger partial charge is 0.0541 e. The largest absolute Gasteiger partial charge is 0.309 e. The van der Waals surface area contributed by atoms with E-state index in [2.05, 4.69) is 244 Å². The maximum absolute atomic E-state index is 2.40. The monoisotopic (exact) mass is 779 g/mol. The van der Waals surface area contributed by atoms with Gasteiger partial charge in [-0.15, -0.1) is 0 Å². The molecule has 0 atom stereocenters. The lowest BCUT2D eigenvalue weighted by Crippen LogP contribution is -2.10. The molecule has 0 amide bonds. The number of nitrogens with zero attached hydrogens (tertiary/aromatic N) is 1. The molecule has 0 radical (unpaired) electrons. The number of hydrogen-bond donors (Lipinski definition) is 0. The quantitative estimate of drug-likeness (QED) is 0.148. The van der Waals surface area contributed by atoms with E-state index in [1.54, 1.807) is 0 Å². The predicted molar refractivity (Wildman–Crippen MR) is 262 cm³/mol. The van der Waals surface area contributed by atoms with E-state index in [4.69, 9.17) is 0 Å². The molecule has 11 aromatic rings. The maximum atomic E-state index is 2.40. The highest BCUT2D eigenvalue weighted by molar-refractivity contribution is 6.21. The van der Waals surface area contributed by atoms with Gasteiger partial charge in [-0.05, 0) is 118 Å². The van der Waals surface area contributed by atoms with Gasteiger partial charge in [0.25, 0.3) is 0 Å². The van der Waals surface area contributed by atoms with E-state index in [-0.39, 0.29) is 5.41 Å². The molecule has 61 heavy (non-hydrogen) atoms. The summed E-state index contributed by atoms with van der Waals surface area (Å²) >= 11 is 0. The first-order valence-electron chi connectivity index (χ1n) is 21.3. The van der Waals surface area contributed by atoms with E-state index in [0.29, 0.717) is 0 Å². The van der Waals surface area contributed by atoms with Crippen LogP contribution in [0.3, 0.4) is 0 Å². The minimum absolute atomic E-state index is 0.114. The van der Waals surface area contributed by atoms with Crippen molar-refractivity contribution in [2.24, 2.45) is 0 Å². The Bertz CT molecular complexity index is 3320. The summed E-state index contributed by atoms with van der Waals surface area (Å²) in [6, 6.07) is 80.4. The van der Waals surface area contributed by atoms with Crippen LogP contribution in [0.4, 0.5) is 0 Å². The Kier molecular flexibility index (Phi) is 8.79. The Balaban J connectivity index is 0.922. The van der Waals surface area contributed by atoms with E-state index in [1.807, 2.05) is 0 Å². The van der Waals surface area contributed by atoms with Crippen LogP contribution < -0.4 is 0 Å². The predicted octanol–water partition coefficient (Wildman–Crippen LogP) is 16.7. The van der Waals surface area contributed by atoms with Crippen molar-refractivity contribution in [1.82, 2.24) is 4.57 Å². The SMILES string of the molecule is CC(C)(C)c1ccc(-n2c3ccccc3c3cc(-c4ccc(-c5ccc(-c6c7ccccc7c(-c7ccc(-c8ccccc8)cc7)c7ccccc67)cc5)cc4)ccc32)cc1. The minimum Gasteiger partial charge on any atom is -0.309 e. The van der Waals surface area contributed by atoms with Crippen molar-refractivity contribution in [3.05, 3.63) is 224 Å². The van der Waals surface area contributed by atoms with Gasteiger partial charge in [0.2, 0.25) is 0 Å². The lowest BCUT2D eigenvalue weighted by molar-refractivity contribution is 0.590.